The van der Waals surface area contributed by atoms with Gasteiger partial charge in [-0.1, -0.05) is 0 Å². The van der Waals surface area contributed by atoms with Crippen LogP contribution >= 0.6 is 0 Å². The predicted octanol–water partition coefficient (Wildman–Crippen LogP) is -0.757. The Morgan fingerprint density at radius 2 is 1.92 bits per heavy atom. The molecular formula is C4H7F3N4O. The van der Waals surface area contributed by atoms with Crippen molar-refractivity contribution in [3.05, 3.63) is 0 Å². The Bertz CT molecular complexity index is 195. The number of carbonyl (C=O) groups excluding carboxylic acids is 1. The SMILES string of the molecule is NC(N)=NNC(=O)CC(F)(F)F. The largest absolute Gasteiger partial charge is 0.397 e. The van der Waals surface area contributed by atoms with Gasteiger partial charge in [-0.25, -0.2) is 5.43 Å². The third-order valence-electron chi connectivity index (χ3n) is 0.671. The van der Waals surface area contributed by atoms with Gasteiger partial charge in [0.25, 0.3) is 0 Å². The second kappa shape index (κ2) is 3.79. The van der Waals surface area contributed by atoms with Crippen molar-refractivity contribution in [3.63, 3.8) is 0 Å². The predicted molar refractivity (Wildman–Crippen MR) is 34.6 cm³/mol. The van der Waals surface area contributed by atoms with Gasteiger partial charge in [0.2, 0.25) is 11.9 Å². The van der Waals surface area contributed by atoms with E-state index < -0.39 is 24.5 Å². The van der Waals surface area contributed by atoms with E-state index in [0.29, 0.717) is 0 Å². The lowest BCUT2D eigenvalue weighted by Crippen LogP contribution is -2.31. The van der Waals surface area contributed by atoms with Crippen molar-refractivity contribution in [2.45, 2.75) is 12.6 Å². The molecular weight excluding hydrogens is 177 g/mol. The van der Waals surface area contributed by atoms with Crippen LogP contribution in [0.1, 0.15) is 6.42 Å². The van der Waals surface area contributed by atoms with Gasteiger partial charge < -0.3 is 11.5 Å². The van der Waals surface area contributed by atoms with Crippen molar-refractivity contribution >= 4 is 11.9 Å². The van der Waals surface area contributed by atoms with Gasteiger partial charge in [0.05, 0.1) is 0 Å². The molecule has 0 aromatic rings. The highest BCUT2D eigenvalue weighted by Gasteiger charge is 2.31. The molecule has 0 aromatic heterocycles. The van der Waals surface area contributed by atoms with Crippen LogP contribution in [-0.4, -0.2) is 18.0 Å². The molecule has 0 aliphatic rings. The summed E-state index contributed by atoms with van der Waals surface area (Å²) < 4.78 is 34.4. The smallest absolute Gasteiger partial charge is 0.369 e. The van der Waals surface area contributed by atoms with E-state index >= 15 is 0 Å². The molecule has 0 spiro atoms. The molecule has 5 N–H and O–H groups in total. The minimum Gasteiger partial charge on any atom is -0.369 e. The van der Waals surface area contributed by atoms with E-state index in [9.17, 15) is 18.0 Å². The molecule has 5 nitrogen and oxygen atoms in total. The maximum Gasteiger partial charge on any atom is 0.397 e. The first-order valence-electron chi connectivity index (χ1n) is 2.75. The van der Waals surface area contributed by atoms with Crippen molar-refractivity contribution in [2.75, 3.05) is 0 Å². The van der Waals surface area contributed by atoms with E-state index in [0.717, 1.165) is 0 Å². The molecule has 0 rings (SSSR count). The molecule has 0 atom stereocenters. The Morgan fingerprint density at radius 1 is 1.42 bits per heavy atom. The van der Waals surface area contributed by atoms with Gasteiger partial charge in [0.15, 0.2) is 0 Å². The monoisotopic (exact) mass is 184 g/mol. The minimum absolute atomic E-state index is 0.509. The molecule has 12 heavy (non-hydrogen) atoms. The molecule has 0 bridgehead atoms. The van der Waals surface area contributed by atoms with Crippen LogP contribution in [0.5, 0.6) is 0 Å². The van der Waals surface area contributed by atoms with Crippen LogP contribution in [-0.2, 0) is 4.79 Å². The highest BCUT2D eigenvalue weighted by molar-refractivity contribution is 5.80. The number of carbonyl (C=O) groups is 1. The molecule has 0 aliphatic heterocycles. The van der Waals surface area contributed by atoms with Crippen molar-refractivity contribution in [3.8, 4) is 0 Å². The molecule has 0 aliphatic carbocycles. The van der Waals surface area contributed by atoms with E-state index in [2.05, 4.69) is 5.10 Å². The van der Waals surface area contributed by atoms with Crippen molar-refractivity contribution < 1.29 is 18.0 Å². The van der Waals surface area contributed by atoms with Crippen LogP contribution < -0.4 is 16.9 Å². The maximum absolute atomic E-state index is 11.5. The summed E-state index contributed by atoms with van der Waals surface area (Å²) in [6, 6.07) is 0. The summed E-state index contributed by atoms with van der Waals surface area (Å²) in [4.78, 5) is 10.3. The van der Waals surface area contributed by atoms with Crippen LogP contribution in [0, 0.1) is 0 Å². The topological polar surface area (TPSA) is 93.5 Å². The van der Waals surface area contributed by atoms with Crippen molar-refractivity contribution in [1.29, 1.82) is 0 Å². The number of amides is 1. The molecule has 70 valence electrons. The van der Waals surface area contributed by atoms with E-state index in [1.165, 1.54) is 5.43 Å². The molecule has 0 aromatic carbocycles. The first-order chi connectivity index (χ1) is 5.31. The lowest BCUT2D eigenvalue weighted by atomic mass is 10.4. The highest BCUT2D eigenvalue weighted by Crippen LogP contribution is 2.18. The third-order valence-corrected chi connectivity index (χ3v) is 0.671. The second-order valence-electron chi connectivity index (χ2n) is 1.86. The number of nitrogens with one attached hydrogen (secondary N) is 1. The second-order valence-corrected chi connectivity index (χ2v) is 1.86. The molecule has 0 radical (unpaired) electrons. The number of nitrogens with zero attached hydrogens (tertiary/aromatic N) is 1. The molecule has 1 amide bonds. The van der Waals surface area contributed by atoms with Crippen LogP contribution in [0.25, 0.3) is 0 Å². The number of hydrazone groups is 1. The molecule has 0 fully saturated rings. The summed E-state index contributed by atoms with van der Waals surface area (Å²) in [6.07, 6.45) is -6.16. The zero-order valence-corrected chi connectivity index (χ0v) is 5.85. The lowest BCUT2D eigenvalue weighted by molar-refractivity contribution is -0.153. The number of alkyl halides is 3. The number of hydrogen-bond acceptors (Lipinski definition) is 2. The van der Waals surface area contributed by atoms with Gasteiger partial charge in [0.1, 0.15) is 6.42 Å². The maximum atomic E-state index is 11.5. The molecule has 8 heteroatoms. The van der Waals surface area contributed by atoms with E-state index in [-0.39, 0.29) is 0 Å². The van der Waals surface area contributed by atoms with Crippen LogP contribution in [0.15, 0.2) is 5.10 Å². The van der Waals surface area contributed by atoms with Gasteiger partial charge in [-0.15, -0.1) is 5.10 Å². The Hall–Kier alpha value is -1.47. The van der Waals surface area contributed by atoms with Gasteiger partial charge in [-0.05, 0) is 0 Å². The normalized spacial score (nSPS) is 10.6. The lowest BCUT2D eigenvalue weighted by Gasteiger charge is -2.03. The first kappa shape index (κ1) is 10.5. The van der Waals surface area contributed by atoms with Crippen molar-refractivity contribution in [2.24, 2.45) is 16.6 Å². The van der Waals surface area contributed by atoms with Crippen LogP contribution in [0.3, 0.4) is 0 Å². The summed E-state index contributed by atoms with van der Waals surface area (Å²) in [5.41, 5.74) is 11.0. The minimum atomic E-state index is -4.55. The van der Waals surface area contributed by atoms with Gasteiger partial charge in [0, 0.05) is 0 Å². The van der Waals surface area contributed by atoms with Gasteiger partial charge >= 0.3 is 6.18 Å². The third kappa shape index (κ3) is 6.65. The number of halogens is 3. The number of rotatable bonds is 2. The zero-order valence-electron chi connectivity index (χ0n) is 5.85. The summed E-state index contributed by atoms with van der Waals surface area (Å²) in [6.45, 7) is 0. The Kier molecular flexibility index (Phi) is 3.32. The summed E-state index contributed by atoms with van der Waals surface area (Å²) >= 11 is 0. The fourth-order valence-corrected chi connectivity index (χ4v) is 0.348. The average molecular weight is 184 g/mol. The first-order valence-corrected chi connectivity index (χ1v) is 2.75. The molecule has 0 saturated heterocycles. The summed E-state index contributed by atoms with van der Waals surface area (Å²) in [5.74, 6) is -1.82. The zero-order chi connectivity index (χ0) is 9.78. The van der Waals surface area contributed by atoms with Crippen LogP contribution in [0.4, 0.5) is 13.2 Å². The average Bonchev–Trinajstić information content (AvgIpc) is 1.79. The molecule has 0 unspecified atom stereocenters. The summed E-state index contributed by atoms with van der Waals surface area (Å²) in [5, 5.41) is 2.88. The Morgan fingerprint density at radius 3 is 2.25 bits per heavy atom. The molecule has 0 heterocycles. The van der Waals surface area contributed by atoms with Crippen LogP contribution in [0.2, 0.25) is 0 Å². The van der Waals surface area contributed by atoms with Crippen molar-refractivity contribution in [1.82, 2.24) is 5.43 Å². The highest BCUT2D eigenvalue weighted by atomic mass is 19.4. The standard InChI is InChI=1S/C4H7F3N4O/c5-4(6,7)1-2(12)10-11-3(8)9/h1H2,(H,10,12)(H4,8,9,11). The van der Waals surface area contributed by atoms with E-state index in [1.54, 1.807) is 0 Å². The van der Waals surface area contributed by atoms with Gasteiger partial charge in [-0.2, -0.15) is 13.2 Å². The number of nitrogens with two attached hydrogens (primary N) is 2. The van der Waals surface area contributed by atoms with E-state index in [1.807, 2.05) is 0 Å². The Labute approximate surface area is 65.6 Å². The Balaban J connectivity index is 3.84. The molecule has 0 saturated carbocycles. The summed E-state index contributed by atoms with van der Waals surface area (Å²) in [7, 11) is 0. The number of guanidine groups is 1. The van der Waals surface area contributed by atoms with Gasteiger partial charge in [-0.3, -0.25) is 4.79 Å². The fourth-order valence-electron chi connectivity index (χ4n) is 0.348. The fraction of sp³-hybridized carbons (Fsp3) is 0.500. The quantitative estimate of drug-likeness (QED) is 0.299. The van der Waals surface area contributed by atoms with E-state index in [4.69, 9.17) is 11.5 Å². The number of hydrogen-bond donors (Lipinski definition) is 3.